The zero-order valence-electron chi connectivity index (χ0n) is 17.5. The fraction of sp³-hybridized carbons (Fsp3) is 0.409. The van der Waals surface area contributed by atoms with Crippen molar-refractivity contribution in [2.24, 2.45) is 5.16 Å². The molecule has 1 fully saturated rings. The molecule has 3 heterocycles. The lowest BCUT2D eigenvalue weighted by Crippen LogP contribution is -2.36. The summed E-state index contributed by atoms with van der Waals surface area (Å²) in [6, 6.07) is 11.3. The number of rotatable bonds is 7. The number of urea groups is 1. The van der Waals surface area contributed by atoms with Crippen LogP contribution in [0.1, 0.15) is 12.1 Å². The number of anilines is 2. The molecule has 9 heteroatoms. The first-order valence-corrected chi connectivity index (χ1v) is 10.4. The van der Waals surface area contributed by atoms with Gasteiger partial charge in [-0.3, -0.25) is 4.98 Å². The van der Waals surface area contributed by atoms with Gasteiger partial charge in [0.2, 0.25) is 0 Å². The zero-order chi connectivity index (χ0) is 21.5. The molecule has 2 aliphatic heterocycles. The lowest BCUT2D eigenvalue weighted by molar-refractivity contribution is 0.0471. The van der Waals surface area contributed by atoms with Crippen LogP contribution < -0.4 is 20.3 Å². The topological polar surface area (TPSA) is 97.3 Å². The number of aryl methyl sites for hydroxylation is 1. The van der Waals surface area contributed by atoms with E-state index in [0.29, 0.717) is 25.3 Å². The maximum Gasteiger partial charge on any atom is 0.319 e. The minimum Gasteiger partial charge on any atom is -0.490 e. The van der Waals surface area contributed by atoms with Gasteiger partial charge >= 0.3 is 6.03 Å². The summed E-state index contributed by atoms with van der Waals surface area (Å²) in [5, 5.41) is 9.64. The van der Waals surface area contributed by atoms with E-state index < -0.39 is 0 Å². The average Bonchev–Trinajstić information content (AvgIpc) is 3.25. The Hall–Kier alpha value is -3.33. The third-order valence-corrected chi connectivity index (χ3v) is 5.03. The van der Waals surface area contributed by atoms with E-state index in [-0.39, 0.29) is 12.1 Å². The fourth-order valence-corrected chi connectivity index (χ4v) is 3.44. The van der Waals surface area contributed by atoms with Crippen LogP contribution in [0, 0.1) is 6.92 Å². The van der Waals surface area contributed by atoms with Gasteiger partial charge in [-0.2, -0.15) is 0 Å². The molecule has 1 atom stereocenters. The molecule has 2 aliphatic rings. The molecule has 2 amide bonds. The number of hydrogen-bond donors (Lipinski definition) is 2. The first-order valence-electron chi connectivity index (χ1n) is 10.4. The second kappa shape index (κ2) is 10.1. The largest absolute Gasteiger partial charge is 0.490 e. The van der Waals surface area contributed by atoms with E-state index in [1.807, 2.05) is 25.1 Å². The van der Waals surface area contributed by atoms with Crippen molar-refractivity contribution in [2.75, 3.05) is 49.7 Å². The van der Waals surface area contributed by atoms with Crippen LogP contribution in [0.3, 0.4) is 0 Å². The summed E-state index contributed by atoms with van der Waals surface area (Å²) in [7, 11) is 0. The number of carbonyl (C=O) groups is 1. The van der Waals surface area contributed by atoms with E-state index in [1.165, 1.54) is 0 Å². The molecule has 0 saturated carbocycles. The van der Waals surface area contributed by atoms with Gasteiger partial charge in [0, 0.05) is 48.8 Å². The molecule has 1 aromatic heterocycles. The lowest BCUT2D eigenvalue weighted by Gasteiger charge is -2.29. The number of hydrogen-bond acceptors (Lipinski definition) is 7. The van der Waals surface area contributed by atoms with E-state index in [0.717, 1.165) is 49.1 Å². The lowest BCUT2D eigenvalue weighted by atomic mass is 10.2. The van der Waals surface area contributed by atoms with Gasteiger partial charge in [0.1, 0.15) is 12.4 Å². The molecule has 31 heavy (non-hydrogen) atoms. The van der Waals surface area contributed by atoms with Crippen molar-refractivity contribution in [1.82, 2.24) is 10.3 Å². The van der Waals surface area contributed by atoms with Gasteiger partial charge in [0.15, 0.2) is 6.10 Å². The number of benzene rings is 1. The molecule has 164 valence electrons. The molecule has 1 aromatic carbocycles. The average molecular weight is 425 g/mol. The number of nitrogens with zero attached hydrogens (tertiary/aromatic N) is 3. The molecule has 1 saturated heterocycles. The van der Waals surface area contributed by atoms with E-state index in [9.17, 15) is 4.79 Å². The monoisotopic (exact) mass is 425 g/mol. The van der Waals surface area contributed by atoms with Crippen molar-refractivity contribution in [3.63, 3.8) is 0 Å². The number of oxime groups is 1. The number of morpholine rings is 1. The van der Waals surface area contributed by atoms with E-state index in [2.05, 4.69) is 31.7 Å². The highest BCUT2D eigenvalue weighted by Gasteiger charge is 2.22. The van der Waals surface area contributed by atoms with Crippen LogP contribution in [-0.4, -0.2) is 62.3 Å². The predicted octanol–water partition coefficient (Wildman–Crippen LogP) is 2.57. The number of aromatic nitrogens is 1. The van der Waals surface area contributed by atoms with Gasteiger partial charge in [-0.05, 0) is 31.2 Å². The Morgan fingerprint density at radius 2 is 2.13 bits per heavy atom. The van der Waals surface area contributed by atoms with Crippen molar-refractivity contribution in [3.05, 3.63) is 48.3 Å². The van der Waals surface area contributed by atoms with Gasteiger partial charge in [-0.25, -0.2) is 4.79 Å². The van der Waals surface area contributed by atoms with Gasteiger partial charge in [-0.1, -0.05) is 11.2 Å². The van der Waals surface area contributed by atoms with Crippen LogP contribution in [0.15, 0.2) is 47.8 Å². The highest BCUT2D eigenvalue weighted by Crippen LogP contribution is 2.23. The number of carbonyl (C=O) groups excluding carboxylic acids is 1. The van der Waals surface area contributed by atoms with Crippen LogP contribution in [0.4, 0.5) is 16.2 Å². The number of amides is 2. The SMILES string of the molecule is Cc1cc(NC(=O)NCC2=NOC(COc3cccc(N4CCOCC4)c3)C2)ccn1. The van der Waals surface area contributed by atoms with Gasteiger partial charge in [-0.15, -0.1) is 0 Å². The van der Waals surface area contributed by atoms with Crippen molar-refractivity contribution < 1.29 is 19.1 Å². The number of ether oxygens (including phenoxy) is 2. The summed E-state index contributed by atoms with van der Waals surface area (Å²) in [5.41, 5.74) is 3.44. The van der Waals surface area contributed by atoms with Crippen LogP contribution >= 0.6 is 0 Å². The Morgan fingerprint density at radius 3 is 2.97 bits per heavy atom. The summed E-state index contributed by atoms with van der Waals surface area (Å²) in [6.07, 6.45) is 2.09. The second-order valence-electron chi connectivity index (χ2n) is 7.49. The van der Waals surface area contributed by atoms with Crippen molar-refractivity contribution >= 4 is 23.1 Å². The fourth-order valence-electron chi connectivity index (χ4n) is 3.44. The van der Waals surface area contributed by atoms with Crippen LogP contribution in [0.25, 0.3) is 0 Å². The molecule has 2 N–H and O–H groups in total. The molecular weight excluding hydrogens is 398 g/mol. The highest BCUT2D eigenvalue weighted by molar-refractivity contribution is 5.94. The van der Waals surface area contributed by atoms with E-state index in [4.69, 9.17) is 14.3 Å². The van der Waals surface area contributed by atoms with Crippen LogP contribution in [0.5, 0.6) is 5.75 Å². The minimum absolute atomic E-state index is 0.172. The van der Waals surface area contributed by atoms with Gasteiger partial charge < -0.3 is 29.8 Å². The molecule has 0 spiro atoms. The third-order valence-electron chi connectivity index (χ3n) is 5.03. The molecule has 0 aliphatic carbocycles. The minimum atomic E-state index is -0.298. The molecular formula is C22H27N5O4. The Bertz CT molecular complexity index is 930. The van der Waals surface area contributed by atoms with Crippen molar-refractivity contribution in [2.45, 2.75) is 19.4 Å². The normalized spacial score (nSPS) is 18.2. The van der Waals surface area contributed by atoms with E-state index >= 15 is 0 Å². The Labute approximate surface area is 181 Å². The quantitative estimate of drug-likeness (QED) is 0.708. The first kappa shape index (κ1) is 20.9. The Morgan fingerprint density at radius 1 is 1.26 bits per heavy atom. The van der Waals surface area contributed by atoms with Crippen LogP contribution in [-0.2, 0) is 9.57 Å². The molecule has 1 unspecified atom stereocenters. The summed E-state index contributed by atoms with van der Waals surface area (Å²) in [4.78, 5) is 23.9. The smallest absolute Gasteiger partial charge is 0.319 e. The summed E-state index contributed by atoms with van der Waals surface area (Å²) < 4.78 is 11.3. The highest BCUT2D eigenvalue weighted by atomic mass is 16.7. The first-order chi connectivity index (χ1) is 15.2. The summed E-state index contributed by atoms with van der Waals surface area (Å²) in [6.45, 7) is 5.84. The molecule has 2 aromatic rings. The molecule has 0 radical (unpaired) electrons. The van der Waals surface area contributed by atoms with Crippen molar-refractivity contribution in [3.8, 4) is 5.75 Å². The second-order valence-corrected chi connectivity index (χ2v) is 7.49. The molecule has 0 bridgehead atoms. The van der Waals surface area contributed by atoms with Gasteiger partial charge in [0.05, 0.1) is 25.5 Å². The standard InChI is InChI=1S/C22H27N5O4/c1-16-11-17(5-6-23-16)25-22(28)24-14-18-12-21(31-26-18)15-30-20-4-2-3-19(13-20)27-7-9-29-10-8-27/h2-6,11,13,21H,7-10,12,14-15H2,1H3,(H2,23,24,25,28). The van der Waals surface area contributed by atoms with Gasteiger partial charge in [0.25, 0.3) is 0 Å². The maximum atomic E-state index is 12.1. The molecule has 9 nitrogen and oxygen atoms in total. The zero-order valence-corrected chi connectivity index (χ0v) is 17.5. The Balaban J connectivity index is 1.18. The maximum absolute atomic E-state index is 12.1. The summed E-state index contributed by atoms with van der Waals surface area (Å²) in [5.74, 6) is 0.797. The summed E-state index contributed by atoms with van der Waals surface area (Å²) >= 11 is 0. The number of pyridine rings is 1. The van der Waals surface area contributed by atoms with Crippen molar-refractivity contribution in [1.29, 1.82) is 0 Å². The third kappa shape index (κ3) is 6.08. The van der Waals surface area contributed by atoms with Crippen LogP contribution in [0.2, 0.25) is 0 Å². The predicted molar refractivity (Wildman–Crippen MR) is 118 cm³/mol. The Kier molecular flexibility index (Phi) is 6.83. The van der Waals surface area contributed by atoms with E-state index in [1.54, 1.807) is 18.3 Å². The molecule has 4 rings (SSSR count). The number of nitrogens with one attached hydrogen (secondary N) is 2.